The zero-order valence-corrected chi connectivity index (χ0v) is 19.4. The van der Waals surface area contributed by atoms with Gasteiger partial charge in [-0.3, -0.25) is 0 Å². The van der Waals surface area contributed by atoms with Crippen LogP contribution in [0.25, 0.3) is 34.1 Å². The summed E-state index contributed by atoms with van der Waals surface area (Å²) >= 11 is 0. The molecule has 6 heteroatoms. The third-order valence-electron chi connectivity index (χ3n) is 5.56. The average Bonchev–Trinajstić information content (AvgIpc) is 3.49. The molecule has 1 aliphatic carbocycles. The highest BCUT2D eigenvalue weighted by atomic mass is 16.4. The van der Waals surface area contributed by atoms with Crippen LogP contribution in [0.3, 0.4) is 0 Å². The van der Waals surface area contributed by atoms with Crippen molar-refractivity contribution in [1.29, 1.82) is 0 Å². The molecule has 0 saturated heterocycles. The summed E-state index contributed by atoms with van der Waals surface area (Å²) in [6.07, 6.45) is 14.8. The molecular formula is C27H28N4O2. The predicted molar refractivity (Wildman–Crippen MR) is 131 cm³/mol. The highest BCUT2D eigenvalue weighted by Crippen LogP contribution is 2.35. The van der Waals surface area contributed by atoms with Crippen molar-refractivity contribution in [2.75, 3.05) is 0 Å². The minimum absolute atomic E-state index is 0.225. The van der Waals surface area contributed by atoms with Gasteiger partial charge in [0, 0.05) is 22.3 Å². The van der Waals surface area contributed by atoms with Crippen molar-refractivity contribution in [2.45, 2.75) is 34.1 Å². The monoisotopic (exact) mass is 440 g/mol. The fourth-order valence-corrected chi connectivity index (χ4v) is 3.62. The molecule has 0 spiro atoms. The van der Waals surface area contributed by atoms with E-state index in [0.717, 1.165) is 28.7 Å². The lowest BCUT2D eigenvalue weighted by Crippen LogP contribution is -2.19. The maximum atomic E-state index is 5.99. The second-order valence-corrected chi connectivity index (χ2v) is 8.99. The van der Waals surface area contributed by atoms with E-state index in [2.05, 4.69) is 66.0 Å². The molecular weight excluding hydrogens is 412 g/mol. The SMILES string of the molecule is C=CC=C(C=CC)c1nnc(-c2cccc(-c3nnc(C4=CCC(C(C)(C)C)C=C4)o3)c2)o1. The second-order valence-electron chi connectivity index (χ2n) is 8.99. The van der Waals surface area contributed by atoms with E-state index in [0.29, 0.717) is 29.5 Å². The van der Waals surface area contributed by atoms with Gasteiger partial charge in [-0.15, -0.1) is 20.4 Å². The van der Waals surface area contributed by atoms with Gasteiger partial charge in [0.1, 0.15) is 0 Å². The Morgan fingerprint density at radius 1 is 1.03 bits per heavy atom. The number of hydrogen-bond donors (Lipinski definition) is 0. The first-order valence-electron chi connectivity index (χ1n) is 11.0. The number of nitrogens with zero attached hydrogens (tertiary/aromatic N) is 4. The molecule has 0 fully saturated rings. The molecule has 2 heterocycles. The minimum atomic E-state index is 0.225. The van der Waals surface area contributed by atoms with Crippen LogP contribution in [0.2, 0.25) is 0 Å². The van der Waals surface area contributed by atoms with Gasteiger partial charge in [-0.2, -0.15) is 0 Å². The average molecular weight is 441 g/mol. The molecule has 0 bridgehead atoms. The van der Waals surface area contributed by atoms with Gasteiger partial charge in [0.25, 0.3) is 0 Å². The zero-order chi connectivity index (χ0) is 23.4. The molecule has 3 aromatic rings. The Bertz CT molecular complexity index is 1270. The van der Waals surface area contributed by atoms with Crippen molar-refractivity contribution < 1.29 is 8.83 Å². The largest absolute Gasteiger partial charge is 0.416 e. The maximum Gasteiger partial charge on any atom is 0.248 e. The molecule has 0 aliphatic heterocycles. The van der Waals surface area contributed by atoms with Gasteiger partial charge < -0.3 is 8.83 Å². The van der Waals surface area contributed by atoms with Crippen molar-refractivity contribution in [3.63, 3.8) is 0 Å². The van der Waals surface area contributed by atoms with Crippen LogP contribution >= 0.6 is 0 Å². The number of hydrogen-bond acceptors (Lipinski definition) is 6. The molecule has 0 N–H and O–H groups in total. The van der Waals surface area contributed by atoms with Gasteiger partial charge in [0.05, 0.1) is 0 Å². The molecule has 0 saturated carbocycles. The van der Waals surface area contributed by atoms with Crippen molar-refractivity contribution in [3.05, 3.63) is 85.2 Å². The van der Waals surface area contributed by atoms with Gasteiger partial charge >= 0.3 is 0 Å². The van der Waals surface area contributed by atoms with Crippen LogP contribution in [-0.4, -0.2) is 20.4 Å². The highest BCUT2D eigenvalue weighted by molar-refractivity contribution is 5.72. The van der Waals surface area contributed by atoms with Crippen LogP contribution in [0.5, 0.6) is 0 Å². The highest BCUT2D eigenvalue weighted by Gasteiger charge is 2.24. The van der Waals surface area contributed by atoms with Crippen LogP contribution in [0.15, 0.2) is 82.2 Å². The van der Waals surface area contributed by atoms with Crippen LogP contribution < -0.4 is 0 Å². The van der Waals surface area contributed by atoms with E-state index >= 15 is 0 Å². The number of benzene rings is 1. The summed E-state index contributed by atoms with van der Waals surface area (Å²) in [5.74, 6) is 2.30. The fraction of sp³-hybridized carbons (Fsp3) is 0.259. The van der Waals surface area contributed by atoms with E-state index in [4.69, 9.17) is 8.83 Å². The van der Waals surface area contributed by atoms with Crippen molar-refractivity contribution >= 4 is 11.1 Å². The molecule has 1 aromatic carbocycles. The lowest BCUT2D eigenvalue weighted by molar-refractivity contribution is 0.294. The zero-order valence-electron chi connectivity index (χ0n) is 19.4. The molecule has 4 rings (SSSR count). The second kappa shape index (κ2) is 9.36. The summed E-state index contributed by atoms with van der Waals surface area (Å²) in [4.78, 5) is 0. The number of aromatic nitrogens is 4. The molecule has 33 heavy (non-hydrogen) atoms. The van der Waals surface area contributed by atoms with Crippen LogP contribution in [0.4, 0.5) is 0 Å². The number of rotatable bonds is 6. The quantitative estimate of drug-likeness (QED) is 0.386. The summed E-state index contributed by atoms with van der Waals surface area (Å²) < 4.78 is 11.9. The van der Waals surface area contributed by atoms with E-state index < -0.39 is 0 Å². The van der Waals surface area contributed by atoms with Crippen LogP contribution in [0, 0.1) is 11.3 Å². The third-order valence-corrected chi connectivity index (χ3v) is 5.56. The van der Waals surface area contributed by atoms with Gasteiger partial charge in [-0.05, 0) is 42.9 Å². The van der Waals surface area contributed by atoms with Gasteiger partial charge in [-0.25, -0.2) is 0 Å². The molecule has 168 valence electrons. The standard InChI is InChI=1S/C27H28N4O2/c1-6-9-18(10-7-2)23-28-30-25(32-23)20-11-8-12-21(17-20)26-31-29-24(33-26)19-13-15-22(16-14-19)27(3,4)5/h6-15,17,22H,1,16H2,2-5H3. The molecule has 1 aliphatic rings. The molecule has 6 nitrogen and oxygen atoms in total. The van der Waals surface area contributed by atoms with E-state index in [9.17, 15) is 0 Å². The summed E-state index contributed by atoms with van der Waals surface area (Å²) in [5.41, 5.74) is 3.54. The van der Waals surface area contributed by atoms with Gasteiger partial charge in [-0.1, -0.05) is 75.9 Å². The molecule has 1 unspecified atom stereocenters. The predicted octanol–water partition coefficient (Wildman–Crippen LogP) is 6.94. The normalized spacial score (nSPS) is 16.9. The Morgan fingerprint density at radius 2 is 1.73 bits per heavy atom. The van der Waals surface area contributed by atoms with E-state index in [1.54, 1.807) is 6.08 Å². The lowest BCUT2D eigenvalue weighted by Gasteiger charge is -2.29. The Labute approximate surface area is 194 Å². The third kappa shape index (κ3) is 5.00. The van der Waals surface area contributed by atoms with E-state index in [-0.39, 0.29) is 5.41 Å². The topological polar surface area (TPSA) is 77.8 Å². The van der Waals surface area contributed by atoms with Crippen LogP contribution in [0.1, 0.15) is 45.9 Å². The van der Waals surface area contributed by atoms with E-state index in [1.165, 1.54) is 0 Å². The fourth-order valence-electron chi connectivity index (χ4n) is 3.62. The first kappa shape index (κ1) is 22.4. The van der Waals surface area contributed by atoms with E-state index in [1.807, 2.05) is 49.4 Å². The Hall–Kier alpha value is -3.80. The van der Waals surface area contributed by atoms with Gasteiger partial charge in [0.15, 0.2) is 0 Å². The molecule has 0 radical (unpaired) electrons. The molecule has 0 amide bonds. The molecule has 2 aromatic heterocycles. The maximum absolute atomic E-state index is 5.99. The summed E-state index contributed by atoms with van der Waals surface area (Å²) in [5, 5.41) is 16.9. The minimum Gasteiger partial charge on any atom is -0.416 e. The Balaban J connectivity index is 1.56. The Morgan fingerprint density at radius 3 is 2.36 bits per heavy atom. The molecule has 1 atom stereocenters. The lowest BCUT2D eigenvalue weighted by atomic mass is 9.76. The van der Waals surface area contributed by atoms with Crippen molar-refractivity contribution in [3.8, 4) is 22.9 Å². The van der Waals surface area contributed by atoms with Crippen molar-refractivity contribution in [1.82, 2.24) is 20.4 Å². The Kier molecular flexibility index (Phi) is 6.36. The van der Waals surface area contributed by atoms with Gasteiger partial charge in [0.2, 0.25) is 23.6 Å². The van der Waals surface area contributed by atoms with Crippen LogP contribution in [-0.2, 0) is 0 Å². The smallest absolute Gasteiger partial charge is 0.248 e. The first-order valence-corrected chi connectivity index (χ1v) is 11.0. The summed E-state index contributed by atoms with van der Waals surface area (Å²) in [6.45, 7) is 12.4. The van der Waals surface area contributed by atoms with Crippen molar-refractivity contribution in [2.24, 2.45) is 11.3 Å². The summed E-state index contributed by atoms with van der Waals surface area (Å²) in [6, 6.07) is 7.63. The number of allylic oxidation sites excluding steroid dienone is 9. The summed E-state index contributed by atoms with van der Waals surface area (Å²) in [7, 11) is 0. The first-order chi connectivity index (χ1) is 15.9.